The van der Waals surface area contributed by atoms with Crippen molar-refractivity contribution in [3.8, 4) is 0 Å². The number of thiophene rings is 1. The number of benzene rings is 1. The Morgan fingerprint density at radius 2 is 2.13 bits per heavy atom. The lowest BCUT2D eigenvalue weighted by molar-refractivity contribution is 0.533. The molecule has 3 rings (SSSR count). The smallest absolute Gasteiger partial charge is 0.0360 e. The van der Waals surface area contributed by atoms with Gasteiger partial charge in [0.1, 0.15) is 0 Å². The van der Waals surface area contributed by atoms with Crippen LogP contribution in [0.1, 0.15) is 24.4 Å². The lowest BCUT2D eigenvalue weighted by atomic mass is 10.0. The Hall–Kier alpha value is -0.860. The number of hydrogen-bond acceptors (Lipinski definition) is 2. The van der Waals surface area contributed by atoms with Gasteiger partial charge in [-0.1, -0.05) is 18.2 Å². The predicted octanol–water partition coefficient (Wildman–Crippen LogP) is 3.57. The van der Waals surface area contributed by atoms with Crippen molar-refractivity contribution in [1.29, 1.82) is 0 Å². The number of nitrogens with one attached hydrogen (secondary N) is 1. The minimum atomic E-state index is 0.571. The molecule has 0 spiro atoms. The van der Waals surface area contributed by atoms with Crippen molar-refractivity contribution >= 4 is 21.4 Å². The molecule has 1 fully saturated rings. The van der Waals surface area contributed by atoms with E-state index in [0.29, 0.717) is 6.04 Å². The molecule has 1 heterocycles. The van der Waals surface area contributed by atoms with Crippen LogP contribution in [-0.4, -0.2) is 7.05 Å². The molecule has 1 aliphatic rings. The lowest BCUT2D eigenvalue weighted by Gasteiger charge is -2.14. The molecular weight excluding hydrogens is 202 g/mol. The maximum atomic E-state index is 3.47. The van der Waals surface area contributed by atoms with E-state index in [1.165, 1.54) is 28.5 Å². The predicted molar refractivity (Wildman–Crippen MR) is 66.3 cm³/mol. The molecule has 0 saturated heterocycles. The van der Waals surface area contributed by atoms with Crippen LogP contribution in [0.15, 0.2) is 29.6 Å². The molecule has 1 unspecified atom stereocenters. The van der Waals surface area contributed by atoms with Crippen LogP contribution in [-0.2, 0) is 0 Å². The van der Waals surface area contributed by atoms with E-state index >= 15 is 0 Å². The molecule has 1 saturated carbocycles. The molecule has 1 nitrogen and oxygen atoms in total. The second-order valence-corrected chi connectivity index (χ2v) is 5.20. The lowest BCUT2D eigenvalue weighted by Crippen LogP contribution is -2.17. The highest BCUT2D eigenvalue weighted by Gasteiger charge is 2.32. The zero-order chi connectivity index (χ0) is 10.3. The number of hydrogen-bond donors (Lipinski definition) is 1. The Morgan fingerprint density at radius 3 is 2.87 bits per heavy atom. The number of rotatable bonds is 3. The highest BCUT2D eigenvalue weighted by atomic mass is 32.1. The zero-order valence-electron chi connectivity index (χ0n) is 8.86. The van der Waals surface area contributed by atoms with Gasteiger partial charge >= 0.3 is 0 Å². The topological polar surface area (TPSA) is 12.0 Å². The van der Waals surface area contributed by atoms with Gasteiger partial charge in [0, 0.05) is 10.7 Å². The summed E-state index contributed by atoms with van der Waals surface area (Å²) in [5, 5.41) is 7.23. The van der Waals surface area contributed by atoms with Gasteiger partial charge in [0.2, 0.25) is 0 Å². The summed E-state index contributed by atoms with van der Waals surface area (Å²) in [7, 11) is 2.08. The van der Waals surface area contributed by atoms with E-state index in [1.54, 1.807) is 0 Å². The van der Waals surface area contributed by atoms with E-state index in [2.05, 4.69) is 42.0 Å². The fourth-order valence-electron chi connectivity index (χ4n) is 2.31. The van der Waals surface area contributed by atoms with Crippen molar-refractivity contribution in [2.24, 2.45) is 5.92 Å². The van der Waals surface area contributed by atoms with Crippen LogP contribution in [0.3, 0.4) is 0 Å². The van der Waals surface area contributed by atoms with Gasteiger partial charge in [-0.05, 0) is 48.2 Å². The third kappa shape index (κ3) is 1.58. The molecule has 2 aromatic rings. The van der Waals surface area contributed by atoms with Crippen molar-refractivity contribution < 1.29 is 0 Å². The zero-order valence-corrected chi connectivity index (χ0v) is 9.68. The van der Waals surface area contributed by atoms with Crippen LogP contribution >= 0.6 is 11.3 Å². The molecule has 2 heteroatoms. The molecule has 0 radical (unpaired) electrons. The van der Waals surface area contributed by atoms with E-state index in [4.69, 9.17) is 0 Å². The summed E-state index contributed by atoms with van der Waals surface area (Å²) >= 11 is 1.86. The molecule has 1 atom stereocenters. The average Bonchev–Trinajstić information content (AvgIpc) is 3.01. The summed E-state index contributed by atoms with van der Waals surface area (Å²) in [6.45, 7) is 0. The summed E-state index contributed by atoms with van der Waals surface area (Å²) in [5.41, 5.74) is 1.50. The standard InChI is InChI=1S/C13H15NS/c1-14-13(9-6-7-9)11-8-15-12-5-3-2-4-10(11)12/h2-5,8-9,13-14H,6-7H2,1H3. The average molecular weight is 217 g/mol. The molecule has 1 N–H and O–H groups in total. The van der Waals surface area contributed by atoms with E-state index in [1.807, 2.05) is 11.3 Å². The van der Waals surface area contributed by atoms with Gasteiger partial charge in [-0.3, -0.25) is 0 Å². The number of fused-ring (bicyclic) bond motifs is 1. The maximum Gasteiger partial charge on any atom is 0.0360 e. The highest BCUT2D eigenvalue weighted by molar-refractivity contribution is 7.17. The first-order valence-corrected chi connectivity index (χ1v) is 6.41. The Labute approximate surface area is 94.1 Å². The second kappa shape index (κ2) is 3.62. The van der Waals surface area contributed by atoms with Crippen molar-refractivity contribution in [1.82, 2.24) is 5.32 Å². The Kier molecular flexibility index (Phi) is 2.26. The van der Waals surface area contributed by atoms with Crippen LogP contribution in [0, 0.1) is 5.92 Å². The van der Waals surface area contributed by atoms with Crippen LogP contribution in [0.4, 0.5) is 0 Å². The highest BCUT2D eigenvalue weighted by Crippen LogP contribution is 2.43. The molecule has 0 amide bonds. The molecule has 78 valence electrons. The Bertz CT molecular complexity index is 470. The largest absolute Gasteiger partial charge is 0.313 e. The molecule has 1 aromatic carbocycles. The van der Waals surface area contributed by atoms with Crippen LogP contribution in [0.2, 0.25) is 0 Å². The monoisotopic (exact) mass is 217 g/mol. The second-order valence-electron chi connectivity index (χ2n) is 4.29. The molecule has 0 aliphatic heterocycles. The third-order valence-electron chi connectivity index (χ3n) is 3.25. The van der Waals surface area contributed by atoms with Gasteiger partial charge in [0.25, 0.3) is 0 Å². The minimum absolute atomic E-state index is 0.571. The SMILES string of the molecule is CNC(c1csc2ccccc12)C1CC1. The van der Waals surface area contributed by atoms with Crippen molar-refractivity contribution in [3.63, 3.8) is 0 Å². The molecule has 1 aliphatic carbocycles. The molecule has 15 heavy (non-hydrogen) atoms. The molecule has 1 aromatic heterocycles. The minimum Gasteiger partial charge on any atom is -0.313 e. The fourth-order valence-corrected chi connectivity index (χ4v) is 3.31. The summed E-state index contributed by atoms with van der Waals surface area (Å²) in [4.78, 5) is 0. The van der Waals surface area contributed by atoms with E-state index < -0.39 is 0 Å². The van der Waals surface area contributed by atoms with Crippen molar-refractivity contribution in [3.05, 3.63) is 35.2 Å². The fraction of sp³-hybridized carbons (Fsp3) is 0.385. The van der Waals surface area contributed by atoms with Crippen LogP contribution in [0.25, 0.3) is 10.1 Å². The summed E-state index contributed by atoms with van der Waals surface area (Å²) in [6, 6.07) is 9.28. The summed E-state index contributed by atoms with van der Waals surface area (Å²) < 4.78 is 1.41. The first-order valence-electron chi connectivity index (χ1n) is 5.53. The van der Waals surface area contributed by atoms with Gasteiger partial charge in [0.15, 0.2) is 0 Å². The quantitative estimate of drug-likeness (QED) is 0.828. The van der Waals surface area contributed by atoms with Crippen LogP contribution in [0.5, 0.6) is 0 Å². The van der Waals surface area contributed by atoms with Gasteiger partial charge in [-0.25, -0.2) is 0 Å². The normalized spacial score (nSPS) is 18.2. The first kappa shape index (κ1) is 9.37. The van der Waals surface area contributed by atoms with E-state index in [0.717, 1.165) is 5.92 Å². The third-order valence-corrected chi connectivity index (χ3v) is 4.23. The summed E-state index contributed by atoms with van der Waals surface area (Å²) in [5.74, 6) is 0.869. The summed E-state index contributed by atoms with van der Waals surface area (Å²) in [6.07, 6.45) is 2.77. The van der Waals surface area contributed by atoms with Crippen LogP contribution < -0.4 is 5.32 Å². The van der Waals surface area contributed by atoms with Gasteiger partial charge in [0.05, 0.1) is 0 Å². The Morgan fingerprint density at radius 1 is 1.33 bits per heavy atom. The molecular formula is C13H15NS. The maximum absolute atomic E-state index is 3.47. The first-order chi connectivity index (χ1) is 7.40. The molecule has 0 bridgehead atoms. The van der Waals surface area contributed by atoms with Crippen molar-refractivity contribution in [2.45, 2.75) is 18.9 Å². The van der Waals surface area contributed by atoms with E-state index in [9.17, 15) is 0 Å². The van der Waals surface area contributed by atoms with Gasteiger partial charge in [-0.15, -0.1) is 11.3 Å². The van der Waals surface area contributed by atoms with Crippen molar-refractivity contribution in [2.75, 3.05) is 7.05 Å². The Balaban J connectivity index is 2.08. The van der Waals surface area contributed by atoms with Gasteiger partial charge < -0.3 is 5.32 Å². The van der Waals surface area contributed by atoms with E-state index in [-0.39, 0.29) is 0 Å². The van der Waals surface area contributed by atoms with Gasteiger partial charge in [-0.2, -0.15) is 0 Å².